The van der Waals surface area contributed by atoms with Gasteiger partial charge < -0.3 is 9.64 Å². The van der Waals surface area contributed by atoms with Crippen LogP contribution in [0, 0.1) is 17.8 Å². The van der Waals surface area contributed by atoms with E-state index in [1.54, 1.807) is 12.0 Å². The molecule has 1 aromatic carbocycles. The van der Waals surface area contributed by atoms with Crippen molar-refractivity contribution < 1.29 is 9.53 Å². The van der Waals surface area contributed by atoms with Gasteiger partial charge in [-0.1, -0.05) is 6.07 Å². The highest BCUT2D eigenvalue weighted by Crippen LogP contribution is 2.54. The SMILES string of the molecule is COc1cccc(N(C)C(=O)C2CC3CC3C2)c1. The Morgan fingerprint density at radius 3 is 2.67 bits per heavy atom. The van der Waals surface area contributed by atoms with Crippen LogP contribution in [0.1, 0.15) is 19.3 Å². The molecule has 3 nitrogen and oxygen atoms in total. The molecule has 0 saturated heterocycles. The molecule has 2 atom stereocenters. The van der Waals surface area contributed by atoms with Gasteiger partial charge in [-0.15, -0.1) is 0 Å². The van der Waals surface area contributed by atoms with Gasteiger partial charge in [-0.25, -0.2) is 0 Å². The van der Waals surface area contributed by atoms with Gasteiger partial charge in [0.05, 0.1) is 7.11 Å². The first kappa shape index (κ1) is 11.6. The summed E-state index contributed by atoms with van der Waals surface area (Å²) in [6, 6.07) is 7.68. The number of carbonyl (C=O) groups is 1. The van der Waals surface area contributed by atoms with Gasteiger partial charge in [0.15, 0.2) is 0 Å². The molecule has 2 aliphatic rings. The normalized spacial score (nSPS) is 28.7. The predicted octanol–water partition coefficient (Wildman–Crippen LogP) is 2.70. The lowest BCUT2D eigenvalue weighted by Gasteiger charge is -2.22. The molecular formula is C15H19NO2. The molecular weight excluding hydrogens is 226 g/mol. The number of nitrogens with zero attached hydrogens (tertiary/aromatic N) is 1. The summed E-state index contributed by atoms with van der Waals surface area (Å²) < 4.78 is 5.20. The molecule has 2 saturated carbocycles. The predicted molar refractivity (Wildman–Crippen MR) is 70.7 cm³/mol. The lowest BCUT2D eigenvalue weighted by atomic mass is 10.0. The van der Waals surface area contributed by atoms with Crippen molar-refractivity contribution in [3.05, 3.63) is 24.3 Å². The Labute approximate surface area is 108 Å². The highest BCUT2D eigenvalue weighted by atomic mass is 16.5. The largest absolute Gasteiger partial charge is 0.497 e. The maximum Gasteiger partial charge on any atom is 0.229 e. The van der Waals surface area contributed by atoms with E-state index in [9.17, 15) is 4.79 Å². The molecule has 18 heavy (non-hydrogen) atoms. The standard InChI is InChI=1S/C15H19NO2/c1-16(13-4-3-5-14(9-13)18-2)15(17)12-7-10-6-11(10)8-12/h3-5,9-12H,6-8H2,1-2H3. The third-order valence-corrected chi connectivity index (χ3v) is 4.36. The van der Waals surface area contributed by atoms with Gasteiger partial charge in [0.25, 0.3) is 0 Å². The van der Waals surface area contributed by atoms with E-state index in [1.807, 2.05) is 31.3 Å². The average Bonchev–Trinajstić information content (AvgIpc) is 3.03. The average molecular weight is 245 g/mol. The number of hydrogen-bond donors (Lipinski definition) is 0. The van der Waals surface area contributed by atoms with Crippen LogP contribution in [0.25, 0.3) is 0 Å². The molecule has 0 heterocycles. The van der Waals surface area contributed by atoms with Gasteiger partial charge in [0.1, 0.15) is 5.75 Å². The zero-order chi connectivity index (χ0) is 12.7. The third-order valence-electron chi connectivity index (χ3n) is 4.36. The molecule has 0 aliphatic heterocycles. The van der Waals surface area contributed by atoms with Crippen LogP contribution in [-0.4, -0.2) is 20.1 Å². The summed E-state index contributed by atoms with van der Waals surface area (Å²) in [6.45, 7) is 0. The van der Waals surface area contributed by atoms with Crippen LogP contribution in [0.15, 0.2) is 24.3 Å². The molecule has 2 fully saturated rings. The third kappa shape index (κ3) is 1.98. The van der Waals surface area contributed by atoms with E-state index in [2.05, 4.69) is 0 Å². The van der Waals surface area contributed by atoms with Crippen molar-refractivity contribution in [2.75, 3.05) is 19.1 Å². The van der Waals surface area contributed by atoms with Gasteiger partial charge in [0, 0.05) is 24.7 Å². The van der Waals surface area contributed by atoms with Gasteiger partial charge in [-0.3, -0.25) is 4.79 Å². The molecule has 96 valence electrons. The molecule has 3 heteroatoms. The van der Waals surface area contributed by atoms with Crippen molar-refractivity contribution >= 4 is 11.6 Å². The topological polar surface area (TPSA) is 29.5 Å². The second kappa shape index (κ2) is 4.30. The van der Waals surface area contributed by atoms with Gasteiger partial charge in [-0.2, -0.15) is 0 Å². The number of methoxy groups -OCH3 is 1. The summed E-state index contributed by atoms with van der Waals surface area (Å²) in [6.07, 6.45) is 3.54. The summed E-state index contributed by atoms with van der Waals surface area (Å²) >= 11 is 0. The molecule has 1 amide bonds. The molecule has 0 aromatic heterocycles. The minimum Gasteiger partial charge on any atom is -0.497 e. The maximum atomic E-state index is 12.4. The highest BCUT2D eigenvalue weighted by molar-refractivity contribution is 5.95. The molecule has 1 aromatic rings. The van der Waals surface area contributed by atoms with E-state index in [1.165, 1.54) is 6.42 Å². The Morgan fingerprint density at radius 2 is 2.00 bits per heavy atom. The fourth-order valence-electron chi connectivity index (χ4n) is 3.14. The Kier molecular flexibility index (Phi) is 2.77. The van der Waals surface area contributed by atoms with Crippen molar-refractivity contribution in [1.82, 2.24) is 0 Å². The Morgan fingerprint density at radius 1 is 1.28 bits per heavy atom. The van der Waals surface area contributed by atoms with Gasteiger partial charge in [-0.05, 0) is 43.2 Å². The number of ether oxygens (including phenoxy) is 1. The Balaban J connectivity index is 1.72. The maximum absolute atomic E-state index is 12.4. The fourth-order valence-corrected chi connectivity index (χ4v) is 3.14. The van der Waals surface area contributed by atoms with Crippen molar-refractivity contribution in [3.8, 4) is 5.75 Å². The zero-order valence-corrected chi connectivity index (χ0v) is 10.9. The summed E-state index contributed by atoms with van der Waals surface area (Å²) in [4.78, 5) is 14.2. The Hall–Kier alpha value is -1.51. The van der Waals surface area contributed by atoms with E-state index >= 15 is 0 Å². The molecule has 0 N–H and O–H groups in total. The number of benzene rings is 1. The van der Waals surface area contributed by atoms with Crippen molar-refractivity contribution in [2.45, 2.75) is 19.3 Å². The monoisotopic (exact) mass is 245 g/mol. The van der Waals surface area contributed by atoms with Gasteiger partial charge >= 0.3 is 0 Å². The number of carbonyl (C=O) groups excluding carboxylic acids is 1. The quantitative estimate of drug-likeness (QED) is 0.819. The van der Waals surface area contributed by atoms with Crippen molar-refractivity contribution in [3.63, 3.8) is 0 Å². The molecule has 3 rings (SSSR count). The van der Waals surface area contributed by atoms with Crippen LogP contribution < -0.4 is 9.64 Å². The minimum absolute atomic E-state index is 0.241. The molecule has 0 bridgehead atoms. The van der Waals surface area contributed by atoms with E-state index < -0.39 is 0 Å². The summed E-state index contributed by atoms with van der Waals surface area (Å²) in [5.74, 6) is 2.98. The van der Waals surface area contributed by atoms with Crippen LogP contribution in [0.3, 0.4) is 0 Å². The second-order valence-electron chi connectivity index (χ2n) is 5.52. The molecule has 2 unspecified atom stereocenters. The van der Waals surface area contributed by atoms with E-state index in [-0.39, 0.29) is 11.8 Å². The van der Waals surface area contributed by atoms with Crippen LogP contribution in [0.2, 0.25) is 0 Å². The number of anilines is 1. The van der Waals surface area contributed by atoms with Crippen LogP contribution in [-0.2, 0) is 4.79 Å². The van der Waals surface area contributed by atoms with Crippen molar-refractivity contribution in [2.24, 2.45) is 17.8 Å². The summed E-state index contributed by atoms with van der Waals surface area (Å²) in [5, 5.41) is 0. The van der Waals surface area contributed by atoms with E-state index in [4.69, 9.17) is 4.74 Å². The summed E-state index contributed by atoms with van der Waals surface area (Å²) in [7, 11) is 3.51. The number of fused-ring (bicyclic) bond motifs is 1. The lowest BCUT2D eigenvalue weighted by Crippen LogP contribution is -2.32. The van der Waals surface area contributed by atoms with Gasteiger partial charge in [0.2, 0.25) is 5.91 Å². The number of rotatable bonds is 3. The smallest absolute Gasteiger partial charge is 0.229 e. The fraction of sp³-hybridized carbons (Fsp3) is 0.533. The molecule has 0 spiro atoms. The van der Waals surface area contributed by atoms with E-state index in [0.717, 1.165) is 36.1 Å². The molecule has 0 radical (unpaired) electrons. The lowest BCUT2D eigenvalue weighted by molar-refractivity contribution is -0.122. The first-order valence-electron chi connectivity index (χ1n) is 6.60. The number of hydrogen-bond acceptors (Lipinski definition) is 2. The van der Waals surface area contributed by atoms with Crippen molar-refractivity contribution in [1.29, 1.82) is 0 Å². The first-order valence-corrected chi connectivity index (χ1v) is 6.60. The minimum atomic E-state index is 0.241. The van der Waals surface area contributed by atoms with Crippen LogP contribution in [0.4, 0.5) is 5.69 Å². The van der Waals surface area contributed by atoms with Crippen LogP contribution in [0.5, 0.6) is 5.75 Å². The van der Waals surface area contributed by atoms with Crippen LogP contribution >= 0.6 is 0 Å². The zero-order valence-electron chi connectivity index (χ0n) is 10.9. The molecule has 2 aliphatic carbocycles. The second-order valence-corrected chi connectivity index (χ2v) is 5.52. The first-order chi connectivity index (χ1) is 8.69. The van der Waals surface area contributed by atoms with E-state index in [0.29, 0.717) is 0 Å². The number of amides is 1. The summed E-state index contributed by atoms with van der Waals surface area (Å²) in [5.41, 5.74) is 0.917. The highest BCUT2D eigenvalue weighted by Gasteiger charge is 2.48. The Bertz CT molecular complexity index is 461.